The van der Waals surface area contributed by atoms with E-state index in [-0.39, 0.29) is 23.7 Å². The van der Waals surface area contributed by atoms with Gasteiger partial charge in [0.25, 0.3) is 5.56 Å². The van der Waals surface area contributed by atoms with E-state index in [1.165, 1.54) is 17.7 Å². The molecule has 0 unspecified atom stereocenters. The molecule has 1 atom stereocenters. The molecule has 1 aromatic carbocycles. The van der Waals surface area contributed by atoms with Crippen LogP contribution in [0.3, 0.4) is 0 Å². The lowest BCUT2D eigenvalue weighted by atomic mass is 9.93. The molecule has 0 spiro atoms. The van der Waals surface area contributed by atoms with Crippen LogP contribution >= 0.6 is 11.3 Å². The number of thiophene rings is 1. The van der Waals surface area contributed by atoms with Crippen molar-refractivity contribution in [3.8, 4) is 0 Å². The zero-order valence-electron chi connectivity index (χ0n) is 17.9. The Morgan fingerprint density at radius 3 is 2.79 bits per heavy atom. The summed E-state index contributed by atoms with van der Waals surface area (Å²) in [5.41, 5.74) is 0.757. The average molecular weight is 489 g/mol. The summed E-state index contributed by atoms with van der Waals surface area (Å²) in [6, 6.07) is 7.94. The fraction of sp³-hybridized carbons (Fsp3) is 0.292. The third-order valence-electron chi connectivity index (χ3n) is 6.05. The van der Waals surface area contributed by atoms with Crippen LogP contribution in [0.1, 0.15) is 33.7 Å². The highest BCUT2D eigenvalue weighted by Gasteiger charge is 2.31. The number of alkyl halides is 3. The number of pyridine rings is 1. The van der Waals surface area contributed by atoms with E-state index in [4.69, 9.17) is 0 Å². The summed E-state index contributed by atoms with van der Waals surface area (Å²) < 4.78 is 54.5. The van der Waals surface area contributed by atoms with E-state index in [1.807, 2.05) is 18.2 Å². The van der Waals surface area contributed by atoms with Gasteiger partial charge in [-0.3, -0.25) is 14.3 Å². The van der Waals surface area contributed by atoms with Gasteiger partial charge in [-0.1, -0.05) is 6.07 Å². The zero-order chi connectivity index (χ0) is 23.9. The molecule has 0 saturated heterocycles. The van der Waals surface area contributed by atoms with Crippen LogP contribution in [0.4, 0.5) is 17.6 Å². The minimum atomic E-state index is -4.52. The number of benzene rings is 1. The number of halogens is 4. The van der Waals surface area contributed by atoms with E-state index in [0.717, 1.165) is 34.3 Å². The topological polar surface area (TPSA) is 59.8 Å². The second-order valence-corrected chi connectivity index (χ2v) is 9.39. The highest BCUT2D eigenvalue weighted by Crippen LogP contribution is 2.34. The van der Waals surface area contributed by atoms with Gasteiger partial charge in [0.2, 0.25) is 0 Å². The molecule has 0 amide bonds. The van der Waals surface area contributed by atoms with Crippen molar-refractivity contribution in [3.05, 3.63) is 92.4 Å². The molecule has 0 aliphatic heterocycles. The molecular weight excluding hydrogens is 468 g/mol. The first-order chi connectivity index (χ1) is 16.3. The highest BCUT2D eigenvalue weighted by atomic mass is 32.1. The van der Waals surface area contributed by atoms with Crippen LogP contribution in [0.15, 0.2) is 53.7 Å². The monoisotopic (exact) mass is 488 g/mol. The Morgan fingerprint density at radius 1 is 1.18 bits per heavy atom. The summed E-state index contributed by atoms with van der Waals surface area (Å²) >= 11 is 1.46. The number of nitrogens with zero attached hydrogens (tertiary/aromatic N) is 3. The Hall–Kier alpha value is -3.11. The number of nitrogens with one attached hydrogen (secondary N) is 1. The molecule has 1 aliphatic rings. The summed E-state index contributed by atoms with van der Waals surface area (Å²) in [6.07, 6.45) is 0.632. The van der Waals surface area contributed by atoms with Crippen molar-refractivity contribution < 1.29 is 17.6 Å². The second-order valence-electron chi connectivity index (χ2n) is 8.31. The van der Waals surface area contributed by atoms with Gasteiger partial charge in [0.05, 0.1) is 29.5 Å². The summed E-state index contributed by atoms with van der Waals surface area (Å²) in [7, 11) is 0. The Kier molecular flexibility index (Phi) is 5.95. The van der Waals surface area contributed by atoms with E-state index in [1.54, 1.807) is 10.8 Å². The first-order valence-corrected chi connectivity index (χ1v) is 11.6. The van der Waals surface area contributed by atoms with E-state index < -0.39 is 17.6 Å². The van der Waals surface area contributed by atoms with Crippen LogP contribution < -0.4 is 10.9 Å². The van der Waals surface area contributed by atoms with Gasteiger partial charge in [0, 0.05) is 29.2 Å². The minimum Gasteiger partial charge on any atom is -0.309 e. The third-order valence-corrected chi connectivity index (χ3v) is 7.21. The lowest BCUT2D eigenvalue weighted by Crippen LogP contribution is -2.34. The van der Waals surface area contributed by atoms with Gasteiger partial charge in [-0.2, -0.15) is 13.2 Å². The number of aromatic nitrogens is 3. The van der Waals surface area contributed by atoms with E-state index in [0.29, 0.717) is 36.0 Å². The van der Waals surface area contributed by atoms with Gasteiger partial charge < -0.3 is 5.32 Å². The predicted molar refractivity (Wildman–Crippen MR) is 121 cm³/mol. The predicted octanol–water partition coefficient (Wildman–Crippen LogP) is 4.71. The normalized spacial score (nSPS) is 16.1. The maximum Gasteiger partial charge on any atom is 0.416 e. The molecule has 10 heteroatoms. The molecule has 176 valence electrons. The van der Waals surface area contributed by atoms with Crippen molar-refractivity contribution in [1.82, 2.24) is 19.9 Å². The maximum atomic E-state index is 14.1. The number of hydrogen-bond acceptors (Lipinski definition) is 5. The molecule has 1 N–H and O–H groups in total. The van der Waals surface area contributed by atoms with Gasteiger partial charge in [-0.05, 0) is 55.2 Å². The van der Waals surface area contributed by atoms with Crippen molar-refractivity contribution in [3.63, 3.8) is 0 Å². The van der Waals surface area contributed by atoms with Gasteiger partial charge in [-0.25, -0.2) is 9.37 Å². The zero-order valence-corrected chi connectivity index (χ0v) is 18.7. The third kappa shape index (κ3) is 4.47. The van der Waals surface area contributed by atoms with Crippen LogP contribution in [0.25, 0.3) is 10.2 Å². The largest absolute Gasteiger partial charge is 0.416 e. The fourth-order valence-corrected chi connectivity index (χ4v) is 5.55. The van der Waals surface area contributed by atoms with Crippen LogP contribution in [-0.2, 0) is 32.1 Å². The second kappa shape index (κ2) is 8.92. The number of hydrogen-bond donors (Lipinski definition) is 1. The van der Waals surface area contributed by atoms with Crippen LogP contribution in [0.2, 0.25) is 0 Å². The molecule has 5 nitrogen and oxygen atoms in total. The van der Waals surface area contributed by atoms with Gasteiger partial charge in [0.15, 0.2) is 0 Å². The van der Waals surface area contributed by atoms with Crippen molar-refractivity contribution in [2.45, 2.75) is 44.6 Å². The first-order valence-electron chi connectivity index (χ1n) is 10.8. The van der Waals surface area contributed by atoms with E-state index in [9.17, 15) is 22.4 Å². The van der Waals surface area contributed by atoms with Crippen molar-refractivity contribution in [1.29, 1.82) is 0 Å². The summed E-state index contributed by atoms with van der Waals surface area (Å²) in [4.78, 5) is 23.6. The average Bonchev–Trinajstić information content (AvgIpc) is 3.19. The smallest absolute Gasteiger partial charge is 0.309 e. The Bertz CT molecular complexity index is 1400. The maximum absolute atomic E-state index is 14.1. The summed E-state index contributed by atoms with van der Waals surface area (Å²) in [5.74, 6) is -0.670. The molecule has 0 saturated carbocycles. The quantitative estimate of drug-likeness (QED) is 0.414. The number of rotatable bonds is 5. The molecule has 3 aromatic heterocycles. The molecule has 0 fully saturated rings. The first kappa shape index (κ1) is 22.7. The molecule has 1 aliphatic carbocycles. The Morgan fingerprint density at radius 2 is 2.03 bits per heavy atom. The lowest BCUT2D eigenvalue weighted by Gasteiger charge is -2.23. The molecule has 4 aromatic rings. The standard InChI is InChI=1S/C24H20F4N4OS/c25-19-7-4-15(24(26,27)28)9-14(19)11-30-16-5-6-18-20(10-16)34-22-21(18)23(33)32(13-31-22)12-17-3-1-2-8-29-17/h1-4,7-9,13,16,30H,5-6,10-12H2/t16-/m0/s1. The summed E-state index contributed by atoms with van der Waals surface area (Å²) in [5, 5.41) is 3.81. The Balaban J connectivity index is 1.34. The van der Waals surface area contributed by atoms with Crippen LogP contribution in [0.5, 0.6) is 0 Å². The Labute approximate surface area is 196 Å². The number of aryl methyl sites for hydroxylation is 1. The molecular formula is C24H20F4N4OS. The SMILES string of the molecule is O=c1c2c3c(sc2ncn1Cc1ccccn1)C[C@@H](NCc1cc(C(F)(F)F)ccc1F)CC3. The lowest BCUT2D eigenvalue weighted by molar-refractivity contribution is -0.137. The minimum absolute atomic E-state index is 0.00419. The molecule has 5 rings (SSSR count). The van der Waals surface area contributed by atoms with Gasteiger partial charge in [0.1, 0.15) is 10.6 Å². The fourth-order valence-electron chi connectivity index (χ4n) is 4.30. The molecule has 34 heavy (non-hydrogen) atoms. The van der Waals surface area contributed by atoms with E-state index in [2.05, 4.69) is 15.3 Å². The van der Waals surface area contributed by atoms with E-state index >= 15 is 0 Å². The van der Waals surface area contributed by atoms with Crippen molar-refractivity contribution in [2.24, 2.45) is 0 Å². The molecule has 0 bridgehead atoms. The van der Waals surface area contributed by atoms with Crippen molar-refractivity contribution in [2.75, 3.05) is 0 Å². The molecule has 3 heterocycles. The number of fused-ring (bicyclic) bond motifs is 3. The molecule has 0 radical (unpaired) electrons. The highest BCUT2D eigenvalue weighted by molar-refractivity contribution is 7.18. The van der Waals surface area contributed by atoms with Gasteiger partial charge in [-0.15, -0.1) is 11.3 Å². The van der Waals surface area contributed by atoms with Crippen LogP contribution in [0, 0.1) is 5.82 Å². The van der Waals surface area contributed by atoms with Crippen molar-refractivity contribution >= 4 is 21.6 Å². The van der Waals surface area contributed by atoms with Crippen LogP contribution in [-0.4, -0.2) is 20.6 Å². The van der Waals surface area contributed by atoms with Gasteiger partial charge >= 0.3 is 6.18 Å². The summed E-state index contributed by atoms with van der Waals surface area (Å²) in [6.45, 7) is 0.329.